The van der Waals surface area contributed by atoms with Gasteiger partial charge in [-0.25, -0.2) is 0 Å². The Kier molecular flexibility index (Phi) is 20.6. The van der Waals surface area contributed by atoms with Crippen LogP contribution in [0.2, 0.25) is 0 Å². The van der Waals surface area contributed by atoms with Crippen molar-refractivity contribution in [3.05, 3.63) is 12.2 Å². The van der Waals surface area contributed by atoms with Gasteiger partial charge in [0.1, 0.15) is 13.1 Å². The van der Waals surface area contributed by atoms with Gasteiger partial charge in [-0.05, 0) is 156 Å². The first kappa shape index (κ1) is 48.3. The first-order valence-corrected chi connectivity index (χ1v) is 24.5. The van der Waals surface area contributed by atoms with Gasteiger partial charge in [0.05, 0.1) is 13.2 Å². The normalized spacial score (nSPS) is 29.6. The number of nitrogens with zero attached hydrogens (tertiary/aromatic N) is 1. The molecule has 1 N–H and O–H groups in total. The highest BCUT2D eigenvalue weighted by Crippen LogP contribution is 2.68. The Hall–Kier alpha value is -2.38. The number of esters is 2. The molecule has 8 heteroatoms. The van der Waals surface area contributed by atoms with Gasteiger partial charge < -0.3 is 19.7 Å². The third-order valence-electron chi connectivity index (χ3n) is 15.9. The third-order valence-corrected chi connectivity index (χ3v) is 15.9. The highest BCUT2D eigenvalue weighted by Gasteiger charge is 2.60. The zero-order valence-corrected chi connectivity index (χ0v) is 38.1. The fourth-order valence-electron chi connectivity index (χ4n) is 12.7. The van der Waals surface area contributed by atoms with E-state index < -0.39 is 11.9 Å². The van der Waals surface area contributed by atoms with Crippen LogP contribution in [0.15, 0.2) is 12.2 Å². The molecular formula is C50H86N2O6. The second-order valence-electron chi connectivity index (χ2n) is 19.6. The first-order chi connectivity index (χ1) is 28.0. The summed E-state index contributed by atoms with van der Waals surface area (Å²) >= 11 is 0. The van der Waals surface area contributed by atoms with E-state index in [1.807, 2.05) is 0 Å². The van der Waals surface area contributed by atoms with Crippen molar-refractivity contribution in [1.82, 2.24) is 10.2 Å². The van der Waals surface area contributed by atoms with Crippen LogP contribution in [0.1, 0.15) is 202 Å². The van der Waals surface area contributed by atoms with E-state index in [1.165, 1.54) is 120 Å². The van der Waals surface area contributed by atoms with Crippen molar-refractivity contribution in [2.45, 2.75) is 208 Å². The van der Waals surface area contributed by atoms with Gasteiger partial charge in [-0.2, -0.15) is 0 Å². The molecule has 0 saturated heterocycles. The molecule has 0 aromatic carbocycles. The Morgan fingerprint density at radius 1 is 0.690 bits per heavy atom. The van der Waals surface area contributed by atoms with Gasteiger partial charge in [0.15, 0.2) is 0 Å². The quantitative estimate of drug-likeness (QED) is 0.0530. The van der Waals surface area contributed by atoms with Crippen LogP contribution in [0, 0.1) is 46.3 Å². The van der Waals surface area contributed by atoms with Crippen molar-refractivity contribution >= 4 is 23.8 Å². The maximum atomic E-state index is 13.4. The van der Waals surface area contributed by atoms with Gasteiger partial charge in [-0.3, -0.25) is 19.2 Å². The molecule has 0 aromatic rings. The fraction of sp³-hybridized carbons (Fsp3) is 0.880. The van der Waals surface area contributed by atoms with E-state index in [0.29, 0.717) is 42.1 Å². The molecule has 4 rings (SSSR count). The first-order valence-electron chi connectivity index (χ1n) is 24.5. The number of hydrogen-bond donors (Lipinski definition) is 1. The molecule has 58 heavy (non-hydrogen) atoms. The van der Waals surface area contributed by atoms with Crippen molar-refractivity contribution in [1.29, 1.82) is 0 Å². The van der Waals surface area contributed by atoms with E-state index in [2.05, 4.69) is 45.2 Å². The second kappa shape index (κ2) is 24.8. The highest BCUT2D eigenvalue weighted by molar-refractivity contribution is 5.86. The molecular weight excluding hydrogens is 725 g/mol. The number of allylic oxidation sites excluding steroid dienone is 2. The van der Waals surface area contributed by atoms with Crippen LogP contribution < -0.4 is 5.32 Å². The molecule has 4 unspecified atom stereocenters. The Morgan fingerprint density at radius 3 is 1.91 bits per heavy atom. The van der Waals surface area contributed by atoms with E-state index in [0.717, 1.165) is 49.9 Å². The largest absolute Gasteiger partial charge is 0.465 e. The number of ether oxygens (including phenoxy) is 2. The highest BCUT2D eigenvalue weighted by atomic mass is 16.5. The number of hydrogen-bond acceptors (Lipinski definition) is 6. The predicted molar refractivity (Wildman–Crippen MR) is 235 cm³/mol. The SMILES string of the molecule is CCCCCCCCC=CCCCCCCCC(=O)N[C@H]1CC[C@@]2(C)C(CCC3C2CC[C@@]2(C)C3CC[C@@H]2[C@H](C)CCC(=O)N(CC(=O)OCC)CC(=O)OCC)C1. The summed E-state index contributed by atoms with van der Waals surface area (Å²) in [4.78, 5) is 52.2. The van der Waals surface area contributed by atoms with Gasteiger partial charge >= 0.3 is 11.9 Å². The van der Waals surface area contributed by atoms with Crippen molar-refractivity contribution < 1.29 is 28.7 Å². The average molecular weight is 811 g/mol. The van der Waals surface area contributed by atoms with Gasteiger partial charge in [0, 0.05) is 18.9 Å². The maximum absolute atomic E-state index is 13.4. The van der Waals surface area contributed by atoms with E-state index in [-0.39, 0.29) is 43.5 Å². The minimum absolute atomic E-state index is 0.183. The molecule has 4 aliphatic rings. The molecule has 0 aromatic heterocycles. The third kappa shape index (κ3) is 13.8. The summed E-state index contributed by atoms with van der Waals surface area (Å²) in [5.74, 6) is 3.04. The lowest BCUT2D eigenvalue weighted by molar-refractivity contribution is -0.154. The summed E-state index contributed by atoms with van der Waals surface area (Å²) in [6.45, 7) is 13.3. The molecule has 0 radical (unpaired) electrons. The minimum Gasteiger partial charge on any atom is -0.465 e. The second-order valence-corrected chi connectivity index (χ2v) is 19.6. The lowest BCUT2D eigenvalue weighted by atomic mass is 9.44. The lowest BCUT2D eigenvalue weighted by Gasteiger charge is -2.61. The van der Waals surface area contributed by atoms with E-state index in [1.54, 1.807) is 13.8 Å². The van der Waals surface area contributed by atoms with Crippen molar-refractivity contribution in [2.75, 3.05) is 26.3 Å². The van der Waals surface area contributed by atoms with Gasteiger partial charge in [0.2, 0.25) is 11.8 Å². The standard InChI is InChI=1S/C50H86N2O6/c1-7-10-11-12-13-14-15-16-17-18-19-20-21-22-23-24-45(53)51-40-31-33-49(5)39(35-40)26-27-41-43-29-28-42(50(43,6)34-32-44(41)49)38(4)25-30-46(54)52(36-47(55)57-8-2)37-48(56)58-9-3/h16-17,38-44H,7-15,18-37H2,1-6H3,(H,51,53)/t38-,39?,40+,41?,42-,43?,44?,49+,50-/m1/s1. The van der Waals surface area contributed by atoms with E-state index in [4.69, 9.17) is 9.47 Å². The topological polar surface area (TPSA) is 102 Å². The van der Waals surface area contributed by atoms with E-state index >= 15 is 0 Å². The number of nitrogens with one attached hydrogen (secondary N) is 1. The Labute approximate surface area is 354 Å². The number of amides is 2. The zero-order valence-electron chi connectivity index (χ0n) is 38.1. The number of carbonyl (C=O) groups is 4. The zero-order chi connectivity index (χ0) is 42.0. The summed E-state index contributed by atoms with van der Waals surface area (Å²) in [7, 11) is 0. The Balaban J connectivity index is 1.16. The molecule has 0 bridgehead atoms. The van der Waals surface area contributed by atoms with Crippen LogP contribution in [0.5, 0.6) is 0 Å². The molecule has 4 fully saturated rings. The molecule has 4 aliphatic carbocycles. The summed E-state index contributed by atoms with van der Waals surface area (Å²) in [5, 5.41) is 3.49. The van der Waals surface area contributed by atoms with Crippen molar-refractivity contribution in [3.8, 4) is 0 Å². The molecule has 332 valence electrons. The van der Waals surface area contributed by atoms with Gasteiger partial charge in [-0.15, -0.1) is 0 Å². The monoisotopic (exact) mass is 811 g/mol. The Bertz CT molecular complexity index is 1280. The van der Waals surface area contributed by atoms with Crippen molar-refractivity contribution in [2.24, 2.45) is 46.3 Å². The molecule has 2 amide bonds. The number of fused-ring (bicyclic) bond motifs is 5. The summed E-state index contributed by atoms with van der Waals surface area (Å²) in [6.07, 6.45) is 34.3. The number of rotatable bonds is 26. The van der Waals surface area contributed by atoms with Crippen LogP contribution in [-0.4, -0.2) is 61.0 Å². The Morgan fingerprint density at radius 2 is 1.28 bits per heavy atom. The van der Waals surface area contributed by atoms with Crippen LogP contribution in [0.3, 0.4) is 0 Å². The van der Waals surface area contributed by atoms with E-state index in [9.17, 15) is 19.2 Å². The van der Waals surface area contributed by atoms with Crippen LogP contribution >= 0.6 is 0 Å². The summed E-state index contributed by atoms with van der Waals surface area (Å²) < 4.78 is 10.2. The summed E-state index contributed by atoms with van der Waals surface area (Å²) in [5.41, 5.74) is 0.657. The van der Waals surface area contributed by atoms with Crippen LogP contribution in [0.25, 0.3) is 0 Å². The summed E-state index contributed by atoms with van der Waals surface area (Å²) in [6, 6.07) is 0.337. The molecule has 0 spiro atoms. The molecule has 8 nitrogen and oxygen atoms in total. The van der Waals surface area contributed by atoms with Crippen molar-refractivity contribution in [3.63, 3.8) is 0 Å². The fourth-order valence-corrected chi connectivity index (χ4v) is 12.7. The van der Waals surface area contributed by atoms with Crippen LogP contribution in [-0.2, 0) is 28.7 Å². The number of unbranched alkanes of at least 4 members (excludes halogenated alkanes) is 11. The number of carbonyl (C=O) groups excluding carboxylic acids is 4. The molecule has 0 heterocycles. The predicted octanol–water partition coefficient (Wildman–Crippen LogP) is 11.5. The van der Waals surface area contributed by atoms with Gasteiger partial charge in [0.25, 0.3) is 0 Å². The van der Waals surface area contributed by atoms with Gasteiger partial charge in [-0.1, -0.05) is 91.2 Å². The average Bonchev–Trinajstić information content (AvgIpc) is 3.55. The molecule has 0 aliphatic heterocycles. The minimum atomic E-state index is -0.498. The van der Waals surface area contributed by atoms with Crippen LogP contribution in [0.4, 0.5) is 0 Å². The smallest absolute Gasteiger partial charge is 0.325 e. The lowest BCUT2D eigenvalue weighted by Crippen LogP contribution is -2.55. The maximum Gasteiger partial charge on any atom is 0.325 e. The molecule has 4 saturated carbocycles. The molecule has 9 atom stereocenters.